The summed E-state index contributed by atoms with van der Waals surface area (Å²) in [7, 11) is 1.51. The average Bonchev–Trinajstić information content (AvgIpc) is 2.98. The molecule has 3 aromatic rings. The SMILES string of the molecule is COc1ncc(Cl)cc1Nc1ncc2[nH]c(=O)n(C3CCOCC3)c2n1. The van der Waals surface area contributed by atoms with Gasteiger partial charge in [0.05, 0.1) is 18.3 Å². The summed E-state index contributed by atoms with van der Waals surface area (Å²) in [5, 5.41) is 3.50. The van der Waals surface area contributed by atoms with Gasteiger partial charge in [-0.15, -0.1) is 0 Å². The van der Waals surface area contributed by atoms with Crippen LogP contribution >= 0.6 is 11.6 Å². The molecule has 9 nitrogen and oxygen atoms in total. The van der Waals surface area contributed by atoms with Crippen molar-refractivity contribution in [2.45, 2.75) is 18.9 Å². The highest BCUT2D eigenvalue weighted by atomic mass is 35.5. The second-order valence-corrected chi connectivity index (χ2v) is 6.35. The van der Waals surface area contributed by atoms with Gasteiger partial charge in [0.2, 0.25) is 11.8 Å². The fourth-order valence-corrected chi connectivity index (χ4v) is 3.22. The number of fused-ring (bicyclic) bond motifs is 1. The Kier molecular flexibility index (Phi) is 4.48. The lowest BCUT2D eigenvalue weighted by atomic mass is 10.1. The number of ether oxygens (including phenoxy) is 2. The van der Waals surface area contributed by atoms with Crippen LogP contribution in [0.4, 0.5) is 11.6 Å². The molecule has 1 saturated heterocycles. The zero-order valence-electron chi connectivity index (χ0n) is 14.0. The molecule has 0 saturated carbocycles. The van der Waals surface area contributed by atoms with Crippen molar-refractivity contribution in [3.63, 3.8) is 0 Å². The largest absolute Gasteiger partial charge is 0.480 e. The van der Waals surface area contributed by atoms with Crippen LogP contribution in [-0.4, -0.2) is 44.8 Å². The first-order chi connectivity index (χ1) is 12.7. The zero-order valence-corrected chi connectivity index (χ0v) is 14.8. The summed E-state index contributed by atoms with van der Waals surface area (Å²) in [4.78, 5) is 28.1. The van der Waals surface area contributed by atoms with Crippen molar-refractivity contribution in [3.05, 3.63) is 34.0 Å². The quantitative estimate of drug-likeness (QED) is 0.719. The predicted molar refractivity (Wildman–Crippen MR) is 96.3 cm³/mol. The molecule has 2 N–H and O–H groups in total. The normalized spacial score (nSPS) is 15.3. The lowest BCUT2D eigenvalue weighted by molar-refractivity contribution is 0.0697. The van der Waals surface area contributed by atoms with Crippen LogP contribution < -0.4 is 15.7 Å². The maximum Gasteiger partial charge on any atom is 0.327 e. The molecule has 1 fully saturated rings. The monoisotopic (exact) mass is 376 g/mol. The summed E-state index contributed by atoms with van der Waals surface area (Å²) < 4.78 is 12.3. The molecule has 4 rings (SSSR count). The van der Waals surface area contributed by atoms with E-state index in [1.807, 2.05) is 0 Å². The van der Waals surface area contributed by atoms with Gasteiger partial charge in [0.25, 0.3) is 0 Å². The number of methoxy groups -OCH3 is 1. The molecule has 0 bridgehead atoms. The Morgan fingerprint density at radius 3 is 2.92 bits per heavy atom. The first-order valence-corrected chi connectivity index (χ1v) is 8.55. The van der Waals surface area contributed by atoms with Gasteiger partial charge >= 0.3 is 5.69 Å². The van der Waals surface area contributed by atoms with Crippen molar-refractivity contribution in [2.75, 3.05) is 25.6 Å². The van der Waals surface area contributed by atoms with Gasteiger partial charge in [-0.2, -0.15) is 4.98 Å². The van der Waals surface area contributed by atoms with Crippen LogP contribution in [0.3, 0.4) is 0 Å². The summed E-state index contributed by atoms with van der Waals surface area (Å²) in [5.41, 5.74) is 1.48. The number of imidazole rings is 1. The van der Waals surface area contributed by atoms with Gasteiger partial charge in [-0.1, -0.05) is 11.6 Å². The van der Waals surface area contributed by atoms with Gasteiger partial charge in [0, 0.05) is 25.5 Å². The number of aromatic nitrogens is 5. The fourth-order valence-electron chi connectivity index (χ4n) is 3.06. The van der Waals surface area contributed by atoms with Crippen molar-refractivity contribution >= 4 is 34.4 Å². The van der Waals surface area contributed by atoms with Crippen molar-refractivity contribution in [2.24, 2.45) is 0 Å². The van der Waals surface area contributed by atoms with Crippen LogP contribution in [0.25, 0.3) is 11.2 Å². The molecule has 0 aliphatic carbocycles. The highest BCUT2D eigenvalue weighted by Gasteiger charge is 2.21. The Morgan fingerprint density at radius 1 is 1.35 bits per heavy atom. The molecule has 0 radical (unpaired) electrons. The molecular weight excluding hydrogens is 360 g/mol. The third kappa shape index (κ3) is 3.11. The topological polar surface area (TPSA) is 107 Å². The van der Waals surface area contributed by atoms with Crippen LogP contribution in [-0.2, 0) is 4.74 Å². The molecule has 0 amide bonds. The molecule has 26 heavy (non-hydrogen) atoms. The molecule has 0 aromatic carbocycles. The number of halogens is 1. The Morgan fingerprint density at radius 2 is 2.15 bits per heavy atom. The Bertz CT molecular complexity index is 995. The number of anilines is 2. The van der Waals surface area contributed by atoms with E-state index < -0.39 is 0 Å². The number of hydrogen-bond donors (Lipinski definition) is 2. The second kappa shape index (κ2) is 6.93. The predicted octanol–water partition coefficient (Wildman–Crippen LogP) is 2.27. The van der Waals surface area contributed by atoms with E-state index >= 15 is 0 Å². The molecule has 4 heterocycles. The van der Waals surface area contributed by atoms with E-state index in [0.29, 0.717) is 46.9 Å². The molecule has 3 aromatic heterocycles. The molecule has 10 heteroatoms. The van der Waals surface area contributed by atoms with Crippen LogP contribution in [0.15, 0.2) is 23.3 Å². The van der Waals surface area contributed by atoms with E-state index in [2.05, 4.69) is 25.3 Å². The lowest BCUT2D eigenvalue weighted by Crippen LogP contribution is -2.27. The molecule has 1 aliphatic rings. The third-order valence-corrected chi connectivity index (χ3v) is 4.48. The minimum atomic E-state index is -0.194. The van der Waals surface area contributed by atoms with E-state index in [9.17, 15) is 4.79 Å². The van der Waals surface area contributed by atoms with Crippen LogP contribution in [0.2, 0.25) is 5.02 Å². The number of nitrogens with zero attached hydrogens (tertiary/aromatic N) is 4. The van der Waals surface area contributed by atoms with Gasteiger partial charge in [0.15, 0.2) is 5.65 Å². The minimum absolute atomic E-state index is 0.0510. The number of H-pyrrole nitrogens is 1. The summed E-state index contributed by atoms with van der Waals surface area (Å²) in [5.74, 6) is 0.689. The van der Waals surface area contributed by atoms with Gasteiger partial charge in [0.1, 0.15) is 11.2 Å². The number of aromatic amines is 1. The van der Waals surface area contributed by atoms with E-state index in [1.165, 1.54) is 13.3 Å². The molecule has 0 atom stereocenters. The molecule has 0 unspecified atom stereocenters. The first-order valence-electron chi connectivity index (χ1n) is 8.17. The summed E-state index contributed by atoms with van der Waals surface area (Å²) in [6, 6.07) is 1.72. The number of rotatable bonds is 4. The fraction of sp³-hybridized carbons (Fsp3) is 0.375. The molecule has 136 valence electrons. The summed E-state index contributed by atoms with van der Waals surface area (Å²) in [6.07, 6.45) is 4.61. The van der Waals surface area contributed by atoms with E-state index in [0.717, 1.165) is 12.8 Å². The van der Waals surface area contributed by atoms with Crippen LogP contribution in [0, 0.1) is 0 Å². The van der Waals surface area contributed by atoms with Crippen LogP contribution in [0.5, 0.6) is 5.88 Å². The van der Waals surface area contributed by atoms with E-state index in [-0.39, 0.29) is 11.7 Å². The molecule has 1 aliphatic heterocycles. The zero-order chi connectivity index (χ0) is 18.1. The van der Waals surface area contributed by atoms with Gasteiger partial charge < -0.3 is 19.8 Å². The molecule has 0 spiro atoms. The number of hydrogen-bond acceptors (Lipinski definition) is 7. The van der Waals surface area contributed by atoms with Crippen molar-refractivity contribution < 1.29 is 9.47 Å². The third-order valence-electron chi connectivity index (χ3n) is 4.27. The Labute approximate surface area is 153 Å². The standard InChI is InChI=1S/C16H17ClN6O3/c1-25-14-11(6-9(17)7-18-14)20-15-19-8-12-13(22-15)23(16(24)21-12)10-2-4-26-5-3-10/h6-8,10H,2-5H2,1H3,(H,21,24)(H,19,20,22). The van der Waals surface area contributed by atoms with E-state index in [4.69, 9.17) is 21.1 Å². The highest BCUT2D eigenvalue weighted by Crippen LogP contribution is 2.28. The van der Waals surface area contributed by atoms with Crippen molar-refractivity contribution in [1.82, 2.24) is 24.5 Å². The highest BCUT2D eigenvalue weighted by molar-refractivity contribution is 6.30. The maximum atomic E-state index is 12.4. The Balaban J connectivity index is 1.73. The molecular formula is C16H17ClN6O3. The second-order valence-electron chi connectivity index (χ2n) is 5.91. The first kappa shape index (κ1) is 16.8. The summed E-state index contributed by atoms with van der Waals surface area (Å²) >= 11 is 6.00. The van der Waals surface area contributed by atoms with Gasteiger partial charge in [-0.3, -0.25) is 4.57 Å². The Hall–Kier alpha value is -2.65. The number of pyridine rings is 1. The maximum absolute atomic E-state index is 12.4. The van der Waals surface area contributed by atoms with E-state index in [1.54, 1.807) is 16.8 Å². The smallest absolute Gasteiger partial charge is 0.327 e. The van der Waals surface area contributed by atoms with Gasteiger partial charge in [-0.25, -0.2) is 14.8 Å². The van der Waals surface area contributed by atoms with Crippen molar-refractivity contribution in [1.29, 1.82) is 0 Å². The van der Waals surface area contributed by atoms with Gasteiger partial charge in [-0.05, 0) is 18.9 Å². The summed E-state index contributed by atoms with van der Waals surface area (Å²) in [6.45, 7) is 1.26. The average molecular weight is 377 g/mol. The van der Waals surface area contributed by atoms with Crippen LogP contribution in [0.1, 0.15) is 18.9 Å². The lowest BCUT2D eigenvalue weighted by Gasteiger charge is -2.22. The minimum Gasteiger partial charge on any atom is -0.480 e. The number of nitrogens with one attached hydrogen (secondary N) is 2. The van der Waals surface area contributed by atoms with Crippen molar-refractivity contribution in [3.8, 4) is 5.88 Å².